The van der Waals surface area contributed by atoms with Gasteiger partial charge in [-0.15, -0.1) is 0 Å². The van der Waals surface area contributed by atoms with Crippen molar-refractivity contribution < 1.29 is 19.1 Å². The normalized spacial score (nSPS) is 11.9. The molecule has 0 amide bonds. The minimum Gasteiger partial charge on any atom is -0.456 e. The number of nitrogen functional groups attached to an aromatic ring is 2. The van der Waals surface area contributed by atoms with E-state index in [2.05, 4.69) is 0 Å². The summed E-state index contributed by atoms with van der Waals surface area (Å²) in [5, 5.41) is 0. The molecule has 2 rings (SSSR count). The topological polar surface area (TPSA) is 105 Å². The summed E-state index contributed by atoms with van der Waals surface area (Å²) in [6.07, 6.45) is 2.23. The lowest BCUT2D eigenvalue weighted by Crippen LogP contribution is -2.35. The van der Waals surface area contributed by atoms with Crippen molar-refractivity contribution in [2.24, 2.45) is 0 Å². The Morgan fingerprint density at radius 3 is 1.83 bits per heavy atom. The van der Waals surface area contributed by atoms with E-state index in [-0.39, 0.29) is 11.8 Å². The maximum Gasteiger partial charge on any atom is 0.338 e. The highest BCUT2D eigenvalue weighted by molar-refractivity contribution is 6.02. The van der Waals surface area contributed by atoms with Gasteiger partial charge < -0.3 is 20.9 Å². The third-order valence-electron chi connectivity index (χ3n) is 4.87. The summed E-state index contributed by atoms with van der Waals surface area (Å²) in [6.45, 7) is 7.75. The molecule has 0 bridgehead atoms. The van der Waals surface area contributed by atoms with Crippen molar-refractivity contribution >= 4 is 23.1 Å². The number of hydrogen-bond acceptors (Lipinski definition) is 6. The summed E-state index contributed by atoms with van der Waals surface area (Å²) in [7, 11) is 0. The minimum absolute atomic E-state index is 0.0831. The van der Waals surface area contributed by atoms with Gasteiger partial charge >= 0.3 is 5.97 Å². The van der Waals surface area contributed by atoms with Gasteiger partial charge in [0.05, 0.1) is 5.56 Å². The van der Waals surface area contributed by atoms with E-state index in [0.717, 1.165) is 12.8 Å². The largest absolute Gasteiger partial charge is 0.456 e. The Morgan fingerprint density at radius 2 is 1.30 bits per heavy atom. The van der Waals surface area contributed by atoms with E-state index in [0.29, 0.717) is 35.5 Å². The molecule has 0 atom stereocenters. The first-order valence-electron chi connectivity index (χ1n) is 10.1. The van der Waals surface area contributed by atoms with Gasteiger partial charge in [-0.3, -0.25) is 4.79 Å². The number of Topliss-reactive ketones (excluding diaryl/α,β-unsaturated/α-hetero) is 1. The van der Waals surface area contributed by atoms with Crippen molar-refractivity contribution in [2.45, 2.75) is 58.2 Å². The van der Waals surface area contributed by atoms with E-state index in [1.807, 2.05) is 13.8 Å². The summed E-state index contributed by atoms with van der Waals surface area (Å²) in [5.41, 5.74) is 12.1. The smallest absolute Gasteiger partial charge is 0.338 e. The summed E-state index contributed by atoms with van der Waals surface area (Å²) in [5.74, 6) is -0.452. The summed E-state index contributed by atoms with van der Waals surface area (Å²) >= 11 is 0. The number of unbranched alkanes of at least 4 members (excludes halogenated alkanes) is 1. The van der Waals surface area contributed by atoms with Crippen LogP contribution in [0.4, 0.5) is 11.4 Å². The van der Waals surface area contributed by atoms with Crippen LogP contribution in [0.3, 0.4) is 0 Å². The molecule has 0 aliphatic heterocycles. The standard InChI is InChI=1S/C24H32N2O4/c1-23(2,30-22(28)18-9-13-20(26)14-10-18)15-5-6-16-29-24(3,4)21(27)17-7-11-19(25)12-8-17/h7-14H,5-6,15-16,25-26H2,1-4H3. The van der Waals surface area contributed by atoms with Crippen molar-refractivity contribution in [3.63, 3.8) is 0 Å². The van der Waals surface area contributed by atoms with Gasteiger partial charge in [-0.05, 0) is 95.5 Å². The average Bonchev–Trinajstić information content (AvgIpc) is 2.67. The van der Waals surface area contributed by atoms with E-state index in [1.54, 1.807) is 62.4 Å². The molecule has 0 heterocycles. The van der Waals surface area contributed by atoms with Gasteiger partial charge in [-0.2, -0.15) is 0 Å². The molecule has 0 saturated carbocycles. The van der Waals surface area contributed by atoms with Crippen molar-refractivity contribution in [3.8, 4) is 0 Å². The maximum atomic E-state index is 12.6. The zero-order valence-electron chi connectivity index (χ0n) is 18.2. The predicted octanol–water partition coefficient (Wildman–Crippen LogP) is 4.63. The maximum absolute atomic E-state index is 12.6. The molecule has 0 saturated heterocycles. The molecule has 0 aliphatic rings. The van der Waals surface area contributed by atoms with E-state index in [9.17, 15) is 9.59 Å². The molecule has 30 heavy (non-hydrogen) atoms. The van der Waals surface area contributed by atoms with Crippen LogP contribution in [0.15, 0.2) is 48.5 Å². The van der Waals surface area contributed by atoms with Gasteiger partial charge in [-0.1, -0.05) is 0 Å². The lowest BCUT2D eigenvalue weighted by atomic mass is 9.96. The first kappa shape index (κ1) is 23.4. The molecular formula is C24H32N2O4. The zero-order chi connectivity index (χ0) is 22.4. The molecule has 6 nitrogen and oxygen atoms in total. The number of carbonyl (C=O) groups excluding carboxylic acids is 2. The van der Waals surface area contributed by atoms with Crippen molar-refractivity contribution in [2.75, 3.05) is 18.1 Å². The Kier molecular flexibility index (Phi) is 7.62. The number of carbonyl (C=O) groups is 2. The number of benzene rings is 2. The van der Waals surface area contributed by atoms with Crippen LogP contribution in [-0.4, -0.2) is 29.6 Å². The molecule has 0 radical (unpaired) electrons. The second-order valence-electron chi connectivity index (χ2n) is 8.54. The fourth-order valence-corrected chi connectivity index (χ4v) is 3.01. The van der Waals surface area contributed by atoms with Crippen LogP contribution in [0, 0.1) is 0 Å². The molecule has 0 aliphatic carbocycles. The molecule has 2 aromatic carbocycles. The number of esters is 1. The van der Waals surface area contributed by atoms with Gasteiger partial charge in [0.25, 0.3) is 0 Å². The Morgan fingerprint density at radius 1 is 0.800 bits per heavy atom. The second kappa shape index (κ2) is 9.76. The lowest BCUT2D eigenvalue weighted by molar-refractivity contribution is -0.0150. The van der Waals surface area contributed by atoms with Crippen LogP contribution in [0.5, 0.6) is 0 Å². The highest BCUT2D eigenvalue weighted by Crippen LogP contribution is 2.22. The van der Waals surface area contributed by atoms with Crippen LogP contribution < -0.4 is 11.5 Å². The molecule has 0 unspecified atom stereocenters. The second-order valence-corrected chi connectivity index (χ2v) is 8.54. The number of rotatable bonds is 10. The molecular weight excluding hydrogens is 380 g/mol. The third kappa shape index (κ3) is 6.88. The molecule has 2 aromatic rings. The number of anilines is 2. The summed E-state index contributed by atoms with van der Waals surface area (Å²) in [6, 6.07) is 13.5. The van der Waals surface area contributed by atoms with Gasteiger partial charge in [0, 0.05) is 23.5 Å². The molecule has 4 N–H and O–H groups in total. The predicted molar refractivity (Wildman–Crippen MR) is 119 cm³/mol. The van der Waals surface area contributed by atoms with Gasteiger partial charge in [-0.25, -0.2) is 4.79 Å². The first-order valence-corrected chi connectivity index (χ1v) is 10.1. The number of nitrogens with two attached hydrogens (primary N) is 2. The van der Waals surface area contributed by atoms with Crippen LogP contribution >= 0.6 is 0 Å². The quantitative estimate of drug-likeness (QED) is 0.255. The van der Waals surface area contributed by atoms with Crippen molar-refractivity contribution in [1.29, 1.82) is 0 Å². The Bertz CT molecular complexity index is 856. The van der Waals surface area contributed by atoms with Crippen molar-refractivity contribution in [1.82, 2.24) is 0 Å². The van der Waals surface area contributed by atoms with E-state index in [4.69, 9.17) is 20.9 Å². The Labute approximate surface area is 178 Å². The van der Waals surface area contributed by atoms with Gasteiger partial charge in [0.1, 0.15) is 11.2 Å². The van der Waals surface area contributed by atoms with E-state index < -0.39 is 11.2 Å². The fourth-order valence-electron chi connectivity index (χ4n) is 3.01. The number of hydrogen-bond donors (Lipinski definition) is 2. The van der Waals surface area contributed by atoms with Crippen molar-refractivity contribution in [3.05, 3.63) is 59.7 Å². The zero-order valence-corrected chi connectivity index (χ0v) is 18.2. The molecule has 0 aromatic heterocycles. The highest BCUT2D eigenvalue weighted by atomic mass is 16.6. The minimum atomic E-state index is -0.923. The summed E-state index contributed by atoms with van der Waals surface area (Å²) in [4.78, 5) is 24.9. The molecule has 162 valence electrons. The number of ketones is 1. The molecule has 0 fully saturated rings. The average molecular weight is 413 g/mol. The SMILES string of the molecule is CC(C)(CCCCOC(C)(C)C(=O)c1ccc(N)cc1)OC(=O)c1ccc(N)cc1. The van der Waals surface area contributed by atoms with E-state index in [1.165, 1.54) is 0 Å². The van der Waals surface area contributed by atoms with Crippen LogP contribution in [-0.2, 0) is 9.47 Å². The van der Waals surface area contributed by atoms with E-state index >= 15 is 0 Å². The Hall–Kier alpha value is -2.86. The van der Waals surface area contributed by atoms with Gasteiger partial charge in [0.2, 0.25) is 0 Å². The molecule has 0 spiro atoms. The Balaban J connectivity index is 1.76. The third-order valence-corrected chi connectivity index (χ3v) is 4.87. The van der Waals surface area contributed by atoms with Gasteiger partial charge in [0.15, 0.2) is 5.78 Å². The fraction of sp³-hybridized carbons (Fsp3) is 0.417. The van der Waals surface area contributed by atoms with Crippen LogP contribution in [0.25, 0.3) is 0 Å². The van der Waals surface area contributed by atoms with Crippen LogP contribution in [0.2, 0.25) is 0 Å². The highest BCUT2D eigenvalue weighted by Gasteiger charge is 2.29. The number of ether oxygens (including phenoxy) is 2. The van der Waals surface area contributed by atoms with Crippen LogP contribution in [0.1, 0.15) is 67.7 Å². The lowest BCUT2D eigenvalue weighted by Gasteiger charge is -2.26. The first-order chi connectivity index (χ1) is 14.0. The molecule has 6 heteroatoms. The summed E-state index contributed by atoms with van der Waals surface area (Å²) < 4.78 is 11.5. The monoisotopic (exact) mass is 412 g/mol.